The van der Waals surface area contributed by atoms with Crippen LogP contribution in [0.1, 0.15) is 20.3 Å². The maximum absolute atomic E-state index is 10.8. The SMILES string of the molecule is CCNC(CCSCC(C)CO)C(=O)O. The number of carboxylic acid groups (broad SMARTS) is 1. The molecule has 0 aromatic carbocycles. The maximum Gasteiger partial charge on any atom is 0.320 e. The van der Waals surface area contributed by atoms with Gasteiger partial charge in [0.2, 0.25) is 0 Å². The van der Waals surface area contributed by atoms with Crippen LogP contribution in [0.3, 0.4) is 0 Å². The Hall–Kier alpha value is -0.260. The zero-order valence-corrected chi connectivity index (χ0v) is 10.2. The largest absolute Gasteiger partial charge is 0.480 e. The van der Waals surface area contributed by atoms with Gasteiger partial charge in [0.15, 0.2) is 0 Å². The van der Waals surface area contributed by atoms with Crippen LogP contribution in [-0.2, 0) is 4.79 Å². The van der Waals surface area contributed by atoms with Gasteiger partial charge in [0.1, 0.15) is 6.04 Å². The number of likely N-dealkylation sites (N-methyl/N-ethyl adjacent to an activating group) is 1. The number of carboxylic acids is 1. The van der Waals surface area contributed by atoms with Crippen LogP contribution < -0.4 is 5.32 Å². The molecule has 0 saturated carbocycles. The van der Waals surface area contributed by atoms with Gasteiger partial charge in [-0.1, -0.05) is 13.8 Å². The molecule has 0 aliphatic carbocycles. The van der Waals surface area contributed by atoms with Gasteiger partial charge in [-0.05, 0) is 30.4 Å². The van der Waals surface area contributed by atoms with Crippen LogP contribution in [0.5, 0.6) is 0 Å². The number of nitrogens with one attached hydrogen (secondary N) is 1. The molecule has 0 radical (unpaired) electrons. The van der Waals surface area contributed by atoms with E-state index < -0.39 is 12.0 Å². The summed E-state index contributed by atoms with van der Waals surface area (Å²) in [5.74, 6) is 1.20. The van der Waals surface area contributed by atoms with E-state index in [2.05, 4.69) is 5.32 Å². The van der Waals surface area contributed by atoms with E-state index in [1.807, 2.05) is 13.8 Å². The number of carbonyl (C=O) groups is 1. The Balaban J connectivity index is 3.58. The molecule has 15 heavy (non-hydrogen) atoms. The lowest BCUT2D eigenvalue weighted by Crippen LogP contribution is -2.36. The standard InChI is InChI=1S/C10H21NO3S/c1-3-11-9(10(13)14)4-5-15-7-8(2)6-12/h8-9,11-12H,3-7H2,1-2H3,(H,13,14). The van der Waals surface area contributed by atoms with E-state index in [1.54, 1.807) is 11.8 Å². The Morgan fingerprint density at radius 1 is 1.53 bits per heavy atom. The van der Waals surface area contributed by atoms with E-state index in [0.29, 0.717) is 13.0 Å². The van der Waals surface area contributed by atoms with Crippen molar-refractivity contribution in [2.24, 2.45) is 5.92 Å². The first kappa shape index (κ1) is 14.7. The van der Waals surface area contributed by atoms with Crippen LogP contribution in [0.2, 0.25) is 0 Å². The van der Waals surface area contributed by atoms with Gasteiger partial charge >= 0.3 is 5.97 Å². The summed E-state index contributed by atoms with van der Waals surface area (Å²) in [5, 5.41) is 20.6. The zero-order chi connectivity index (χ0) is 11.7. The van der Waals surface area contributed by atoms with Crippen LogP contribution in [0.4, 0.5) is 0 Å². The normalized spacial score (nSPS) is 14.9. The van der Waals surface area contributed by atoms with Gasteiger partial charge in [-0.2, -0.15) is 11.8 Å². The third-order valence-electron chi connectivity index (χ3n) is 2.01. The fourth-order valence-corrected chi connectivity index (χ4v) is 2.17. The van der Waals surface area contributed by atoms with Crippen molar-refractivity contribution in [3.8, 4) is 0 Å². The van der Waals surface area contributed by atoms with Gasteiger partial charge in [-0.15, -0.1) is 0 Å². The van der Waals surface area contributed by atoms with Crippen molar-refractivity contribution < 1.29 is 15.0 Å². The average Bonchev–Trinajstić information content (AvgIpc) is 2.21. The number of rotatable bonds is 9. The number of hydrogen-bond acceptors (Lipinski definition) is 4. The topological polar surface area (TPSA) is 69.6 Å². The monoisotopic (exact) mass is 235 g/mol. The molecule has 90 valence electrons. The van der Waals surface area contributed by atoms with E-state index in [4.69, 9.17) is 10.2 Å². The quantitative estimate of drug-likeness (QED) is 0.516. The highest BCUT2D eigenvalue weighted by atomic mass is 32.2. The zero-order valence-electron chi connectivity index (χ0n) is 9.40. The summed E-state index contributed by atoms with van der Waals surface area (Å²) in [6.07, 6.45) is 0.631. The fraction of sp³-hybridized carbons (Fsp3) is 0.900. The first-order valence-electron chi connectivity index (χ1n) is 5.26. The van der Waals surface area contributed by atoms with E-state index in [-0.39, 0.29) is 12.5 Å². The van der Waals surface area contributed by atoms with Crippen LogP contribution in [-0.4, -0.2) is 46.9 Å². The van der Waals surface area contributed by atoms with Crippen LogP contribution >= 0.6 is 11.8 Å². The Morgan fingerprint density at radius 2 is 2.20 bits per heavy atom. The van der Waals surface area contributed by atoms with Crippen molar-refractivity contribution in [2.75, 3.05) is 24.7 Å². The molecule has 2 unspecified atom stereocenters. The van der Waals surface area contributed by atoms with Crippen LogP contribution in [0.25, 0.3) is 0 Å². The number of thioether (sulfide) groups is 1. The number of hydrogen-bond donors (Lipinski definition) is 3. The summed E-state index contributed by atoms with van der Waals surface area (Å²) in [6.45, 7) is 4.75. The van der Waals surface area contributed by atoms with Crippen LogP contribution in [0.15, 0.2) is 0 Å². The highest BCUT2D eigenvalue weighted by Crippen LogP contribution is 2.10. The molecule has 0 heterocycles. The number of aliphatic hydroxyl groups is 1. The molecule has 0 aliphatic rings. The first-order valence-corrected chi connectivity index (χ1v) is 6.42. The molecule has 0 saturated heterocycles. The molecule has 0 fully saturated rings. The number of aliphatic carboxylic acids is 1. The fourth-order valence-electron chi connectivity index (χ4n) is 1.10. The molecule has 0 aliphatic heterocycles. The predicted molar refractivity (Wildman–Crippen MR) is 63.3 cm³/mol. The minimum atomic E-state index is -0.785. The smallest absolute Gasteiger partial charge is 0.320 e. The third kappa shape index (κ3) is 7.64. The maximum atomic E-state index is 10.8. The highest BCUT2D eigenvalue weighted by Gasteiger charge is 2.15. The van der Waals surface area contributed by atoms with Gasteiger partial charge in [-0.3, -0.25) is 4.79 Å². The van der Waals surface area contributed by atoms with Crippen molar-refractivity contribution in [2.45, 2.75) is 26.3 Å². The van der Waals surface area contributed by atoms with Gasteiger partial charge in [0.05, 0.1) is 0 Å². The molecule has 0 rings (SSSR count). The van der Waals surface area contributed by atoms with Crippen molar-refractivity contribution >= 4 is 17.7 Å². The first-order chi connectivity index (χ1) is 7.11. The number of aliphatic hydroxyl groups excluding tert-OH is 1. The van der Waals surface area contributed by atoms with E-state index in [1.165, 1.54) is 0 Å². The van der Waals surface area contributed by atoms with E-state index in [9.17, 15) is 4.79 Å². The van der Waals surface area contributed by atoms with Crippen molar-refractivity contribution in [3.63, 3.8) is 0 Å². The molecular weight excluding hydrogens is 214 g/mol. The molecule has 0 aromatic heterocycles. The Morgan fingerprint density at radius 3 is 2.67 bits per heavy atom. The van der Waals surface area contributed by atoms with Gasteiger partial charge in [0, 0.05) is 6.61 Å². The van der Waals surface area contributed by atoms with E-state index in [0.717, 1.165) is 11.5 Å². The van der Waals surface area contributed by atoms with Gasteiger partial charge < -0.3 is 15.5 Å². The second-order valence-electron chi connectivity index (χ2n) is 3.60. The summed E-state index contributed by atoms with van der Waals surface area (Å²) in [4.78, 5) is 10.8. The molecule has 0 amide bonds. The lowest BCUT2D eigenvalue weighted by molar-refractivity contribution is -0.139. The molecule has 0 bridgehead atoms. The average molecular weight is 235 g/mol. The molecule has 0 spiro atoms. The summed E-state index contributed by atoms with van der Waals surface area (Å²) < 4.78 is 0. The van der Waals surface area contributed by atoms with Crippen molar-refractivity contribution in [3.05, 3.63) is 0 Å². The third-order valence-corrected chi connectivity index (χ3v) is 3.34. The van der Waals surface area contributed by atoms with Crippen molar-refractivity contribution in [1.82, 2.24) is 5.32 Å². The second kappa shape index (κ2) is 9.00. The van der Waals surface area contributed by atoms with E-state index >= 15 is 0 Å². The molecule has 2 atom stereocenters. The lowest BCUT2D eigenvalue weighted by atomic mass is 10.2. The predicted octanol–water partition coefficient (Wildman–Crippen LogP) is 0.801. The second-order valence-corrected chi connectivity index (χ2v) is 4.75. The molecular formula is C10H21NO3S. The summed E-state index contributed by atoms with van der Waals surface area (Å²) >= 11 is 1.69. The molecule has 0 aromatic rings. The van der Waals surface area contributed by atoms with Crippen molar-refractivity contribution in [1.29, 1.82) is 0 Å². The Kier molecular flexibility index (Phi) is 8.85. The molecule has 5 heteroatoms. The summed E-state index contributed by atoms with van der Waals surface area (Å²) in [5.41, 5.74) is 0. The Labute approximate surface area is 95.4 Å². The minimum absolute atomic E-state index is 0.197. The minimum Gasteiger partial charge on any atom is -0.480 e. The molecule has 3 N–H and O–H groups in total. The Bertz CT molecular complexity index is 178. The highest BCUT2D eigenvalue weighted by molar-refractivity contribution is 7.99. The van der Waals surface area contributed by atoms with Gasteiger partial charge in [-0.25, -0.2) is 0 Å². The summed E-state index contributed by atoms with van der Waals surface area (Å²) in [6, 6.07) is -0.438. The van der Waals surface area contributed by atoms with Crippen LogP contribution in [0, 0.1) is 5.92 Å². The lowest BCUT2D eigenvalue weighted by Gasteiger charge is -2.13. The summed E-state index contributed by atoms with van der Waals surface area (Å²) in [7, 11) is 0. The van der Waals surface area contributed by atoms with Gasteiger partial charge in [0.25, 0.3) is 0 Å². The molecule has 4 nitrogen and oxygen atoms in total.